The van der Waals surface area contributed by atoms with E-state index in [1.807, 2.05) is 0 Å². The average Bonchev–Trinajstić information content (AvgIpc) is 3.14. The molecule has 0 aliphatic carbocycles. The lowest BCUT2D eigenvalue weighted by atomic mass is 10.2. The number of carbonyl (C=O) groups is 1. The summed E-state index contributed by atoms with van der Waals surface area (Å²) < 4.78 is 44.5. The summed E-state index contributed by atoms with van der Waals surface area (Å²) in [6.45, 7) is -0.434. The van der Waals surface area contributed by atoms with Crippen molar-refractivity contribution in [2.75, 3.05) is 11.9 Å². The van der Waals surface area contributed by atoms with Gasteiger partial charge in [0.05, 0.1) is 11.3 Å². The van der Waals surface area contributed by atoms with Gasteiger partial charge in [0.1, 0.15) is 12.1 Å². The van der Waals surface area contributed by atoms with Crippen molar-refractivity contribution in [3.63, 3.8) is 0 Å². The first kappa shape index (κ1) is 17.4. The zero-order valence-electron chi connectivity index (χ0n) is 13.1. The molecule has 0 saturated carbocycles. The van der Waals surface area contributed by atoms with E-state index < -0.39 is 24.3 Å². The van der Waals surface area contributed by atoms with Crippen LogP contribution in [-0.4, -0.2) is 32.7 Å². The second-order valence-electron chi connectivity index (χ2n) is 5.17. The fourth-order valence-corrected chi connectivity index (χ4v) is 2.11. The maximum atomic E-state index is 12.7. The second kappa shape index (κ2) is 7.21. The van der Waals surface area contributed by atoms with Crippen molar-refractivity contribution in [3.8, 4) is 11.4 Å². The highest BCUT2D eigenvalue weighted by Crippen LogP contribution is 2.31. The predicted molar refractivity (Wildman–Crippen MR) is 84.7 cm³/mol. The van der Waals surface area contributed by atoms with Crippen LogP contribution in [0.25, 0.3) is 5.69 Å². The SMILES string of the molecule is O=C(COc1cccc(C(F)(F)F)c1)Nc1cccc(-n2cnnn2)c1. The van der Waals surface area contributed by atoms with Crippen LogP contribution in [0.3, 0.4) is 0 Å². The van der Waals surface area contributed by atoms with Gasteiger partial charge in [-0.15, -0.1) is 5.10 Å². The highest BCUT2D eigenvalue weighted by molar-refractivity contribution is 5.92. The Hall–Kier alpha value is -3.43. The van der Waals surface area contributed by atoms with Gasteiger partial charge >= 0.3 is 6.18 Å². The molecule has 0 bridgehead atoms. The maximum absolute atomic E-state index is 12.7. The Balaban J connectivity index is 1.61. The lowest BCUT2D eigenvalue weighted by Gasteiger charge is -2.11. The molecule has 3 rings (SSSR count). The molecule has 0 aliphatic rings. The summed E-state index contributed by atoms with van der Waals surface area (Å²) in [7, 11) is 0. The molecule has 1 amide bonds. The summed E-state index contributed by atoms with van der Waals surface area (Å²) in [5.74, 6) is -0.561. The summed E-state index contributed by atoms with van der Waals surface area (Å²) in [5.41, 5.74) is 0.256. The first-order valence-electron chi connectivity index (χ1n) is 7.35. The summed E-state index contributed by atoms with van der Waals surface area (Å²) in [6, 6.07) is 11.1. The van der Waals surface area contributed by atoms with E-state index in [0.717, 1.165) is 12.1 Å². The van der Waals surface area contributed by atoms with Gasteiger partial charge in [-0.1, -0.05) is 12.1 Å². The minimum atomic E-state index is -4.47. The fourth-order valence-electron chi connectivity index (χ4n) is 2.11. The number of nitrogens with one attached hydrogen (secondary N) is 1. The molecule has 3 aromatic rings. The number of aromatic nitrogens is 4. The molecule has 7 nitrogen and oxygen atoms in total. The van der Waals surface area contributed by atoms with Crippen molar-refractivity contribution in [3.05, 3.63) is 60.4 Å². The van der Waals surface area contributed by atoms with Gasteiger partial charge in [-0.2, -0.15) is 13.2 Å². The third-order valence-electron chi connectivity index (χ3n) is 3.27. The molecule has 1 N–H and O–H groups in total. The van der Waals surface area contributed by atoms with E-state index in [9.17, 15) is 18.0 Å². The monoisotopic (exact) mass is 363 g/mol. The molecular weight excluding hydrogens is 351 g/mol. The number of rotatable bonds is 5. The predicted octanol–water partition coefficient (Wildman–Crippen LogP) is 2.70. The van der Waals surface area contributed by atoms with Crippen molar-refractivity contribution in [1.29, 1.82) is 0 Å². The first-order chi connectivity index (χ1) is 12.4. The number of hydrogen-bond acceptors (Lipinski definition) is 5. The van der Waals surface area contributed by atoms with Gasteiger partial charge in [0, 0.05) is 5.69 Å². The Kier molecular flexibility index (Phi) is 4.83. The minimum Gasteiger partial charge on any atom is -0.484 e. The highest BCUT2D eigenvalue weighted by atomic mass is 19.4. The van der Waals surface area contributed by atoms with E-state index in [4.69, 9.17) is 4.74 Å². The largest absolute Gasteiger partial charge is 0.484 e. The van der Waals surface area contributed by atoms with Crippen molar-refractivity contribution in [2.24, 2.45) is 0 Å². The van der Waals surface area contributed by atoms with E-state index in [1.54, 1.807) is 24.3 Å². The zero-order valence-corrected chi connectivity index (χ0v) is 13.1. The van der Waals surface area contributed by atoms with Crippen LogP contribution < -0.4 is 10.1 Å². The molecule has 0 saturated heterocycles. The molecule has 1 heterocycles. The number of tetrazole rings is 1. The molecule has 0 atom stereocenters. The number of carbonyl (C=O) groups excluding carboxylic acids is 1. The average molecular weight is 363 g/mol. The molecular formula is C16H12F3N5O2. The fraction of sp³-hybridized carbons (Fsp3) is 0.125. The molecule has 0 unspecified atom stereocenters. The van der Waals surface area contributed by atoms with Gasteiger partial charge in [-0.25, -0.2) is 4.68 Å². The minimum absolute atomic E-state index is 0.0441. The van der Waals surface area contributed by atoms with Gasteiger partial charge < -0.3 is 10.1 Å². The smallest absolute Gasteiger partial charge is 0.416 e. The Morgan fingerprint density at radius 3 is 2.69 bits per heavy atom. The summed E-state index contributed by atoms with van der Waals surface area (Å²) >= 11 is 0. The molecule has 0 aliphatic heterocycles. The normalized spacial score (nSPS) is 11.2. The van der Waals surface area contributed by atoms with Gasteiger partial charge in [0.15, 0.2) is 6.61 Å². The van der Waals surface area contributed by atoms with E-state index in [0.29, 0.717) is 11.4 Å². The number of benzene rings is 2. The number of nitrogens with zero attached hydrogens (tertiary/aromatic N) is 4. The van der Waals surface area contributed by atoms with Crippen LogP contribution in [0.15, 0.2) is 54.9 Å². The molecule has 0 fully saturated rings. The van der Waals surface area contributed by atoms with Crippen LogP contribution in [0.4, 0.5) is 18.9 Å². The summed E-state index contributed by atoms with van der Waals surface area (Å²) in [5, 5.41) is 13.4. The summed E-state index contributed by atoms with van der Waals surface area (Å²) in [6.07, 6.45) is -3.07. The van der Waals surface area contributed by atoms with Gasteiger partial charge in [-0.05, 0) is 46.8 Å². The number of hydrogen-bond donors (Lipinski definition) is 1. The molecule has 2 aromatic carbocycles. The number of amides is 1. The third kappa shape index (κ3) is 4.35. The van der Waals surface area contributed by atoms with Crippen LogP contribution in [-0.2, 0) is 11.0 Å². The van der Waals surface area contributed by atoms with E-state index >= 15 is 0 Å². The van der Waals surface area contributed by atoms with Crippen LogP contribution >= 0.6 is 0 Å². The van der Waals surface area contributed by atoms with Crippen LogP contribution in [0.5, 0.6) is 5.75 Å². The maximum Gasteiger partial charge on any atom is 0.416 e. The molecule has 1 aromatic heterocycles. The quantitative estimate of drug-likeness (QED) is 0.754. The lowest BCUT2D eigenvalue weighted by Crippen LogP contribution is -2.20. The molecule has 0 radical (unpaired) electrons. The Bertz CT molecular complexity index is 897. The Morgan fingerprint density at radius 1 is 1.15 bits per heavy atom. The van der Waals surface area contributed by atoms with E-state index in [2.05, 4.69) is 20.8 Å². The zero-order chi connectivity index (χ0) is 18.6. The van der Waals surface area contributed by atoms with Gasteiger partial charge in [0.25, 0.3) is 5.91 Å². The number of halogens is 3. The van der Waals surface area contributed by atoms with Crippen molar-refractivity contribution < 1.29 is 22.7 Å². The Morgan fingerprint density at radius 2 is 1.96 bits per heavy atom. The van der Waals surface area contributed by atoms with Crippen molar-refractivity contribution in [2.45, 2.75) is 6.18 Å². The summed E-state index contributed by atoms with van der Waals surface area (Å²) in [4.78, 5) is 12.0. The Labute approximate surface area is 145 Å². The highest BCUT2D eigenvalue weighted by Gasteiger charge is 2.30. The van der Waals surface area contributed by atoms with E-state index in [-0.39, 0.29) is 5.75 Å². The number of alkyl halides is 3. The van der Waals surface area contributed by atoms with Gasteiger partial charge in [-0.3, -0.25) is 4.79 Å². The molecule has 134 valence electrons. The third-order valence-corrected chi connectivity index (χ3v) is 3.27. The number of ether oxygens (including phenoxy) is 1. The molecule has 10 heteroatoms. The number of anilines is 1. The standard InChI is InChI=1S/C16H12F3N5O2/c17-16(18,19)11-3-1-6-14(7-11)26-9-15(25)21-12-4-2-5-13(8-12)24-10-20-22-23-24/h1-8,10H,9H2,(H,21,25). The van der Waals surface area contributed by atoms with Crippen LogP contribution in [0.1, 0.15) is 5.56 Å². The van der Waals surface area contributed by atoms with Crippen LogP contribution in [0.2, 0.25) is 0 Å². The van der Waals surface area contributed by atoms with Crippen LogP contribution in [0, 0.1) is 0 Å². The second-order valence-corrected chi connectivity index (χ2v) is 5.17. The molecule has 0 spiro atoms. The first-order valence-corrected chi connectivity index (χ1v) is 7.35. The van der Waals surface area contributed by atoms with Crippen molar-refractivity contribution >= 4 is 11.6 Å². The lowest BCUT2D eigenvalue weighted by molar-refractivity contribution is -0.137. The van der Waals surface area contributed by atoms with Gasteiger partial charge in [0.2, 0.25) is 0 Å². The van der Waals surface area contributed by atoms with E-state index in [1.165, 1.54) is 23.1 Å². The molecule has 26 heavy (non-hydrogen) atoms. The van der Waals surface area contributed by atoms with Crippen molar-refractivity contribution in [1.82, 2.24) is 20.2 Å². The topological polar surface area (TPSA) is 81.9 Å².